The minimum absolute atomic E-state index is 0.579. The molecule has 0 heterocycles. The molecule has 1 rings (SSSR count). The van der Waals surface area contributed by atoms with Crippen LogP contribution in [0.3, 0.4) is 0 Å². The van der Waals surface area contributed by atoms with Crippen LogP contribution in [0.5, 0.6) is 0 Å². The molecule has 2 nitrogen and oxygen atoms in total. The second kappa shape index (κ2) is 4.78. The predicted octanol–water partition coefficient (Wildman–Crippen LogP) is 2.89. The summed E-state index contributed by atoms with van der Waals surface area (Å²) in [7, 11) is 3.27. The van der Waals surface area contributed by atoms with Crippen LogP contribution in [0, 0.1) is 0 Å². The molecule has 0 saturated carbocycles. The summed E-state index contributed by atoms with van der Waals surface area (Å²) < 4.78 is 10.5. The van der Waals surface area contributed by atoms with Gasteiger partial charge in [-0.2, -0.15) is 0 Å². The average Bonchev–Trinajstić information content (AvgIpc) is 2.18. The molecule has 0 saturated heterocycles. The molecule has 1 aromatic carbocycles. The van der Waals surface area contributed by atoms with E-state index in [0.29, 0.717) is 6.42 Å². The molecule has 0 radical (unpaired) electrons. The van der Waals surface area contributed by atoms with Crippen LogP contribution in [0.4, 0.5) is 0 Å². The van der Waals surface area contributed by atoms with E-state index in [2.05, 4.69) is 0 Å². The Morgan fingerprint density at radius 2 is 1.93 bits per heavy atom. The zero-order valence-electron chi connectivity index (χ0n) is 8.71. The molecule has 0 aliphatic carbocycles. The Morgan fingerprint density at radius 1 is 1.29 bits per heavy atom. The molecule has 1 aromatic rings. The number of ether oxygens (including phenoxy) is 2. The summed E-state index contributed by atoms with van der Waals surface area (Å²) in [5, 5.41) is 0.733. The first-order valence-electron chi connectivity index (χ1n) is 4.44. The van der Waals surface area contributed by atoms with Crippen LogP contribution >= 0.6 is 11.6 Å². The van der Waals surface area contributed by atoms with Gasteiger partial charge in [0, 0.05) is 25.7 Å². The zero-order valence-corrected chi connectivity index (χ0v) is 9.47. The highest BCUT2D eigenvalue weighted by Gasteiger charge is 2.22. The van der Waals surface area contributed by atoms with Gasteiger partial charge in [-0.1, -0.05) is 23.7 Å². The van der Waals surface area contributed by atoms with Crippen LogP contribution in [0.1, 0.15) is 12.5 Å². The van der Waals surface area contributed by atoms with Crippen molar-refractivity contribution in [3.05, 3.63) is 34.9 Å². The van der Waals surface area contributed by atoms with Crippen molar-refractivity contribution in [1.82, 2.24) is 0 Å². The first-order chi connectivity index (χ1) is 6.59. The topological polar surface area (TPSA) is 18.5 Å². The van der Waals surface area contributed by atoms with Crippen LogP contribution in [-0.4, -0.2) is 20.0 Å². The van der Waals surface area contributed by atoms with E-state index in [1.165, 1.54) is 0 Å². The first kappa shape index (κ1) is 11.5. The SMILES string of the molecule is COC(C)(Cc1cccc(Cl)c1)OC. The molecule has 0 N–H and O–H groups in total. The number of halogens is 1. The zero-order chi connectivity index (χ0) is 10.6. The molecule has 0 fully saturated rings. The Hall–Kier alpha value is -0.570. The van der Waals surface area contributed by atoms with Crippen LogP contribution in [0.25, 0.3) is 0 Å². The first-order valence-corrected chi connectivity index (χ1v) is 4.82. The summed E-state index contributed by atoms with van der Waals surface area (Å²) in [6, 6.07) is 7.69. The van der Waals surface area contributed by atoms with Gasteiger partial charge in [-0.15, -0.1) is 0 Å². The summed E-state index contributed by atoms with van der Waals surface area (Å²) in [6.45, 7) is 1.90. The lowest BCUT2D eigenvalue weighted by atomic mass is 10.1. The van der Waals surface area contributed by atoms with E-state index in [1.54, 1.807) is 14.2 Å². The Bertz CT molecular complexity index is 295. The summed E-state index contributed by atoms with van der Waals surface area (Å²) in [4.78, 5) is 0. The molecular formula is C11H15ClO2. The third-order valence-corrected chi connectivity index (χ3v) is 2.51. The van der Waals surface area contributed by atoms with Crippen molar-refractivity contribution >= 4 is 11.6 Å². The van der Waals surface area contributed by atoms with Crippen molar-refractivity contribution in [1.29, 1.82) is 0 Å². The summed E-state index contributed by atoms with van der Waals surface area (Å²) in [5.74, 6) is -0.579. The minimum Gasteiger partial charge on any atom is -0.353 e. The largest absolute Gasteiger partial charge is 0.353 e. The van der Waals surface area contributed by atoms with E-state index < -0.39 is 5.79 Å². The van der Waals surface area contributed by atoms with Crippen LogP contribution < -0.4 is 0 Å². The molecule has 0 atom stereocenters. The molecule has 0 unspecified atom stereocenters. The monoisotopic (exact) mass is 214 g/mol. The maximum absolute atomic E-state index is 5.88. The molecular weight excluding hydrogens is 200 g/mol. The Balaban J connectivity index is 2.77. The van der Waals surface area contributed by atoms with Gasteiger partial charge in [0.15, 0.2) is 5.79 Å². The Morgan fingerprint density at radius 3 is 2.43 bits per heavy atom. The second-order valence-electron chi connectivity index (χ2n) is 3.35. The van der Waals surface area contributed by atoms with Crippen molar-refractivity contribution in [2.75, 3.05) is 14.2 Å². The normalized spacial score (nSPS) is 11.7. The molecule has 14 heavy (non-hydrogen) atoms. The second-order valence-corrected chi connectivity index (χ2v) is 3.79. The molecule has 0 aromatic heterocycles. The molecule has 0 aliphatic heterocycles. The van der Waals surface area contributed by atoms with E-state index in [1.807, 2.05) is 31.2 Å². The molecule has 0 amide bonds. The highest BCUT2D eigenvalue weighted by Crippen LogP contribution is 2.19. The third kappa shape index (κ3) is 2.98. The van der Waals surface area contributed by atoms with Gasteiger partial charge in [-0.25, -0.2) is 0 Å². The van der Waals surface area contributed by atoms with E-state index >= 15 is 0 Å². The van der Waals surface area contributed by atoms with Gasteiger partial charge in [0.2, 0.25) is 0 Å². The van der Waals surface area contributed by atoms with Crippen LogP contribution in [0.2, 0.25) is 5.02 Å². The van der Waals surface area contributed by atoms with Gasteiger partial charge in [-0.3, -0.25) is 0 Å². The van der Waals surface area contributed by atoms with Crippen molar-refractivity contribution in [2.45, 2.75) is 19.1 Å². The fraction of sp³-hybridized carbons (Fsp3) is 0.455. The fourth-order valence-electron chi connectivity index (χ4n) is 1.25. The molecule has 78 valence electrons. The van der Waals surface area contributed by atoms with Crippen molar-refractivity contribution < 1.29 is 9.47 Å². The predicted molar refractivity (Wildman–Crippen MR) is 57.6 cm³/mol. The number of hydrogen-bond acceptors (Lipinski definition) is 2. The smallest absolute Gasteiger partial charge is 0.168 e. The van der Waals surface area contributed by atoms with E-state index in [-0.39, 0.29) is 0 Å². The van der Waals surface area contributed by atoms with Gasteiger partial charge >= 0.3 is 0 Å². The Labute approximate surface area is 89.8 Å². The highest BCUT2D eigenvalue weighted by atomic mass is 35.5. The van der Waals surface area contributed by atoms with Crippen LogP contribution in [-0.2, 0) is 15.9 Å². The molecule has 0 spiro atoms. The number of methoxy groups -OCH3 is 2. The fourth-order valence-corrected chi connectivity index (χ4v) is 1.46. The van der Waals surface area contributed by atoms with Gasteiger partial charge in [0.05, 0.1) is 0 Å². The van der Waals surface area contributed by atoms with E-state index in [4.69, 9.17) is 21.1 Å². The van der Waals surface area contributed by atoms with Crippen molar-refractivity contribution in [3.63, 3.8) is 0 Å². The lowest BCUT2D eigenvalue weighted by Gasteiger charge is -2.26. The minimum atomic E-state index is -0.579. The summed E-state index contributed by atoms with van der Waals surface area (Å²) >= 11 is 5.88. The van der Waals surface area contributed by atoms with E-state index in [0.717, 1.165) is 10.6 Å². The maximum atomic E-state index is 5.88. The van der Waals surface area contributed by atoms with Gasteiger partial charge in [-0.05, 0) is 24.6 Å². The summed E-state index contributed by atoms with van der Waals surface area (Å²) in [5.41, 5.74) is 1.10. The number of rotatable bonds is 4. The van der Waals surface area contributed by atoms with Gasteiger partial charge in [0.1, 0.15) is 0 Å². The standard InChI is InChI=1S/C11H15ClO2/c1-11(13-2,14-3)8-9-5-4-6-10(12)7-9/h4-7H,8H2,1-3H3. The van der Waals surface area contributed by atoms with Crippen LogP contribution in [0.15, 0.2) is 24.3 Å². The summed E-state index contributed by atoms with van der Waals surface area (Å²) in [6.07, 6.45) is 0.681. The maximum Gasteiger partial charge on any atom is 0.168 e. The molecule has 0 aliphatic rings. The third-order valence-electron chi connectivity index (χ3n) is 2.28. The molecule has 3 heteroatoms. The Kier molecular flexibility index (Phi) is 3.93. The lowest BCUT2D eigenvalue weighted by molar-refractivity contribution is -0.191. The molecule has 0 bridgehead atoms. The van der Waals surface area contributed by atoms with Crippen molar-refractivity contribution in [3.8, 4) is 0 Å². The van der Waals surface area contributed by atoms with Gasteiger partial charge < -0.3 is 9.47 Å². The highest BCUT2D eigenvalue weighted by molar-refractivity contribution is 6.30. The lowest BCUT2D eigenvalue weighted by Crippen LogP contribution is -2.32. The quantitative estimate of drug-likeness (QED) is 0.718. The van der Waals surface area contributed by atoms with Crippen molar-refractivity contribution in [2.24, 2.45) is 0 Å². The number of benzene rings is 1. The average molecular weight is 215 g/mol. The van der Waals surface area contributed by atoms with E-state index in [9.17, 15) is 0 Å². The number of hydrogen-bond donors (Lipinski definition) is 0. The van der Waals surface area contributed by atoms with Gasteiger partial charge in [0.25, 0.3) is 0 Å².